The van der Waals surface area contributed by atoms with Crippen molar-refractivity contribution < 1.29 is 0 Å². The number of aromatic nitrogens is 2. The Morgan fingerprint density at radius 2 is 2.00 bits per heavy atom. The summed E-state index contributed by atoms with van der Waals surface area (Å²) in [5.41, 5.74) is 2.20. The van der Waals surface area contributed by atoms with Gasteiger partial charge in [0.25, 0.3) is 10.6 Å². The van der Waals surface area contributed by atoms with E-state index >= 15 is 0 Å². The molecule has 0 N–H and O–H groups in total. The zero-order valence-electron chi connectivity index (χ0n) is 8.11. The van der Waals surface area contributed by atoms with Gasteiger partial charge < -0.3 is 4.85 Å². The van der Waals surface area contributed by atoms with Crippen LogP contribution in [-0.4, -0.2) is 9.55 Å². The minimum Gasteiger partial charge on any atom is -0.359 e. The van der Waals surface area contributed by atoms with Crippen LogP contribution in [0.15, 0.2) is 35.2 Å². The van der Waals surface area contributed by atoms with Gasteiger partial charge in [-0.3, -0.25) is 4.57 Å². The van der Waals surface area contributed by atoms with E-state index in [1.807, 2.05) is 35.8 Å². The first-order chi connectivity index (χ1) is 7.20. The molecule has 3 nitrogen and oxygen atoms in total. The third-order valence-corrected chi connectivity index (χ3v) is 2.64. The van der Waals surface area contributed by atoms with Gasteiger partial charge in [0.15, 0.2) is 0 Å². The number of rotatable bonds is 1. The lowest BCUT2D eigenvalue weighted by Gasteiger charge is -2.02. The molecule has 0 saturated heterocycles. The molecule has 0 fully saturated rings. The Labute approximate surface area is 96.3 Å². The molecule has 2 rings (SSSR count). The van der Waals surface area contributed by atoms with Crippen LogP contribution in [0.4, 0.5) is 5.82 Å². The van der Waals surface area contributed by atoms with Gasteiger partial charge in [-0.15, -0.1) is 0 Å². The average molecular weight is 262 g/mol. The molecular weight excluding hydrogens is 254 g/mol. The van der Waals surface area contributed by atoms with Gasteiger partial charge in [0, 0.05) is 27.8 Å². The van der Waals surface area contributed by atoms with E-state index in [4.69, 9.17) is 6.57 Å². The number of benzene rings is 1. The SMILES string of the molecule is [C-]#[N+]c1cn(-c2ccc(C)cc2)c(Br)n1. The molecule has 0 spiro atoms. The highest BCUT2D eigenvalue weighted by atomic mass is 79.9. The number of hydrogen-bond acceptors (Lipinski definition) is 1. The number of aryl methyl sites for hydroxylation is 1. The van der Waals surface area contributed by atoms with Crippen LogP contribution in [0.1, 0.15) is 5.56 Å². The molecule has 0 radical (unpaired) electrons. The van der Waals surface area contributed by atoms with Gasteiger partial charge in [-0.1, -0.05) is 29.3 Å². The maximum absolute atomic E-state index is 6.88. The van der Waals surface area contributed by atoms with Crippen LogP contribution in [0.3, 0.4) is 0 Å². The Balaban J connectivity index is 2.50. The normalized spacial score (nSPS) is 9.93. The van der Waals surface area contributed by atoms with E-state index in [9.17, 15) is 0 Å². The smallest absolute Gasteiger partial charge is 0.289 e. The van der Waals surface area contributed by atoms with E-state index < -0.39 is 0 Å². The predicted molar refractivity (Wildman–Crippen MR) is 62.3 cm³/mol. The van der Waals surface area contributed by atoms with Gasteiger partial charge >= 0.3 is 0 Å². The van der Waals surface area contributed by atoms with Gasteiger partial charge in [-0.25, -0.2) is 0 Å². The molecule has 2 aromatic rings. The molecule has 0 bridgehead atoms. The third kappa shape index (κ3) is 1.92. The fourth-order valence-electron chi connectivity index (χ4n) is 1.29. The Morgan fingerprint density at radius 1 is 1.33 bits per heavy atom. The van der Waals surface area contributed by atoms with Crippen molar-refractivity contribution >= 4 is 21.7 Å². The summed E-state index contributed by atoms with van der Waals surface area (Å²) in [5, 5.41) is 0. The van der Waals surface area contributed by atoms with Crippen LogP contribution in [0.5, 0.6) is 0 Å². The topological polar surface area (TPSA) is 22.2 Å². The maximum Gasteiger partial charge on any atom is 0.289 e. The molecule has 0 aliphatic heterocycles. The van der Waals surface area contributed by atoms with Crippen molar-refractivity contribution in [1.29, 1.82) is 0 Å². The molecule has 1 heterocycles. The highest BCUT2D eigenvalue weighted by molar-refractivity contribution is 9.10. The standard InChI is InChI=1S/C11H8BrN3/c1-8-3-5-9(6-4-8)15-7-10(13-2)14-11(15)12/h3-7H,1H3. The number of hydrogen-bond donors (Lipinski definition) is 0. The first kappa shape index (κ1) is 9.94. The first-order valence-corrected chi connectivity index (χ1v) is 5.19. The lowest BCUT2D eigenvalue weighted by atomic mass is 10.2. The molecule has 1 aromatic carbocycles. The second-order valence-electron chi connectivity index (χ2n) is 3.19. The Morgan fingerprint density at radius 3 is 2.53 bits per heavy atom. The van der Waals surface area contributed by atoms with Crippen LogP contribution < -0.4 is 0 Å². The molecule has 74 valence electrons. The zero-order chi connectivity index (χ0) is 10.8. The monoisotopic (exact) mass is 261 g/mol. The Kier molecular flexibility index (Phi) is 2.57. The minimum atomic E-state index is 0.391. The fourth-order valence-corrected chi connectivity index (χ4v) is 1.78. The van der Waals surface area contributed by atoms with Gasteiger partial charge in [0.1, 0.15) is 0 Å². The highest BCUT2D eigenvalue weighted by Gasteiger charge is 2.08. The van der Waals surface area contributed by atoms with Crippen molar-refractivity contribution in [3.63, 3.8) is 0 Å². The zero-order valence-corrected chi connectivity index (χ0v) is 9.69. The minimum absolute atomic E-state index is 0.391. The van der Waals surface area contributed by atoms with Crippen molar-refractivity contribution in [3.05, 3.63) is 52.2 Å². The fraction of sp³-hybridized carbons (Fsp3) is 0.0909. The van der Waals surface area contributed by atoms with E-state index in [0.29, 0.717) is 10.6 Å². The van der Waals surface area contributed by atoms with Crippen molar-refractivity contribution in [2.45, 2.75) is 6.92 Å². The second-order valence-corrected chi connectivity index (χ2v) is 3.89. The van der Waals surface area contributed by atoms with Crippen molar-refractivity contribution in [2.75, 3.05) is 0 Å². The van der Waals surface area contributed by atoms with Crippen molar-refractivity contribution in [3.8, 4) is 5.69 Å². The summed E-state index contributed by atoms with van der Waals surface area (Å²) in [6.07, 6.45) is 1.71. The van der Waals surface area contributed by atoms with E-state index in [1.54, 1.807) is 6.20 Å². The summed E-state index contributed by atoms with van der Waals surface area (Å²) >= 11 is 3.32. The molecule has 0 saturated carbocycles. The summed E-state index contributed by atoms with van der Waals surface area (Å²) in [7, 11) is 0. The lowest BCUT2D eigenvalue weighted by molar-refractivity contribution is 1.01. The van der Waals surface area contributed by atoms with Crippen LogP contribution >= 0.6 is 15.9 Å². The van der Waals surface area contributed by atoms with E-state index in [2.05, 4.69) is 25.8 Å². The van der Waals surface area contributed by atoms with Gasteiger partial charge in [-0.2, -0.15) is 0 Å². The lowest BCUT2D eigenvalue weighted by Crippen LogP contribution is -1.91. The molecule has 0 atom stereocenters. The Bertz CT molecular complexity index is 520. The molecule has 0 aliphatic carbocycles. The third-order valence-electron chi connectivity index (χ3n) is 2.08. The first-order valence-electron chi connectivity index (χ1n) is 4.40. The molecule has 0 unspecified atom stereocenters. The quantitative estimate of drug-likeness (QED) is 0.721. The predicted octanol–water partition coefficient (Wildman–Crippen LogP) is 3.49. The van der Waals surface area contributed by atoms with Crippen LogP contribution in [0.25, 0.3) is 10.5 Å². The number of halogens is 1. The maximum atomic E-state index is 6.88. The summed E-state index contributed by atoms with van der Waals surface area (Å²) in [6, 6.07) is 8.05. The molecule has 1 aromatic heterocycles. The number of nitrogens with zero attached hydrogens (tertiary/aromatic N) is 3. The summed E-state index contributed by atoms with van der Waals surface area (Å²) < 4.78 is 2.49. The molecular formula is C11H8BrN3. The van der Waals surface area contributed by atoms with Crippen LogP contribution in [0, 0.1) is 13.5 Å². The second kappa shape index (κ2) is 3.87. The largest absolute Gasteiger partial charge is 0.359 e. The average Bonchev–Trinajstić information content (AvgIpc) is 2.61. The van der Waals surface area contributed by atoms with Crippen LogP contribution in [0.2, 0.25) is 0 Å². The van der Waals surface area contributed by atoms with E-state index in [-0.39, 0.29) is 0 Å². The van der Waals surface area contributed by atoms with Gasteiger partial charge in [0.2, 0.25) is 0 Å². The van der Waals surface area contributed by atoms with Crippen molar-refractivity contribution in [1.82, 2.24) is 9.55 Å². The summed E-state index contributed by atoms with van der Waals surface area (Å²) in [6.45, 7) is 8.92. The Hall–Kier alpha value is -1.60. The van der Waals surface area contributed by atoms with Gasteiger partial charge in [0.05, 0.1) is 0 Å². The number of imidazole rings is 1. The molecule has 15 heavy (non-hydrogen) atoms. The van der Waals surface area contributed by atoms with Crippen LogP contribution in [-0.2, 0) is 0 Å². The van der Waals surface area contributed by atoms with Gasteiger partial charge in [-0.05, 0) is 19.1 Å². The van der Waals surface area contributed by atoms with Crippen molar-refractivity contribution in [2.24, 2.45) is 0 Å². The van der Waals surface area contributed by atoms with E-state index in [1.165, 1.54) is 5.56 Å². The molecule has 0 amide bonds. The molecule has 4 heteroatoms. The van der Waals surface area contributed by atoms with E-state index in [0.717, 1.165) is 5.69 Å². The summed E-state index contributed by atoms with van der Waals surface area (Å²) in [4.78, 5) is 7.34. The summed E-state index contributed by atoms with van der Waals surface area (Å²) in [5.74, 6) is 0.391. The molecule has 0 aliphatic rings. The highest BCUT2D eigenvalue weighted by Crippen LogP contribution is 2.21.